The Labute approximate surface area is 166 Å². The quantitative estimate of drug-likeness (QED) is 0.810. The van der Waals surface area contributed by atoms with Gasteiger partial charge in [0, 0.05) is 35.9 Å². The first-order valence-corrected chi connectivity index (χ1v) is 9.06. The third-order valence-electron chi connectivity index (χ3n) is 5.99. The Morgan fingerprint density at radius 3 is 2.64 bits per heavy atom. The summed E-state index contributed by atoms with van der Waals surface area (Å²) in [5.74, 6) is 1.30. The molecule has 4 nitrogen and oxygen atoms in total. The van der Waals surface area contributed by atoms with Crippen molar-refractivity contribution in [2.45, 2.75) is 37.8 Å². The summed E-state index contributed by atoms with van der Waals surface area (Å²) in [6.45, 7) is 1.80. The van der Waals surface area contributed by atoms with Crippen LogP contribution in [0.1, 0.15) is 25.7 Å². The van der Waals surface area contributed by atoms with E-state index in [0.717, 1.165) is 36.6 Å². The Kier molecular flexibility index (Phi) is 6.88. The smallest absolute Gasteiger partial charge is 0.225 e. The molecule has 1 amide bonds. The summed E-state index contributed by atoms with van der Waals surface area (Å²) in [6.07, 6.45) is 4.52. The second-order valence-electron chi connectivity index (χ2n) is 7.36. The molecule has 1 saturated heterocycles. The lowest BCUT2D eigenvalue weighted by Gasteiger charge is -2.28. The molecule has 2 bridgehead atoms. The Balaban J connectivity index is 0.00000113. The molecule has 1 aromatic rings. The Hall–Kier alpha value is -0.680. The molecular weight excluding hydrogens is 381 g/mol. The summed E-state index contributed by atoms with van der Waals surface area (Å²) < 4.78 is 0. The highest BCUT2D eigenvalue weighted by molar-refractivity contribution is 6.30. The molecule has 0 spiro atoms. The van der Waals surface area contributed by atoms with E-state index in [9.17, 15) is 4.79 Å². The van der Waals surface area contributed by atoms with E-state index in [1.54, 1.807) is 0 Å². The number of anilines is 1. The molecule has 140 valence electrons. The van der Waals surface area contributed by atoms with Crippen molar-refractivity contribution >= 4 is 48.0 Å². The monoisotopic (exact) mass is 405 g/mol. The number of nitrogens with zero attached hydrogens (tertiary/aromatic N) is 1. The van der Waals surface area contributed by atoms with Crippen LogP contribution in [0.15, 0.2) is 24.3 Å². The second kappa shape index (κ2) is 8.34. The number of benzene rings is 1. The molecule has 1 aromatic carbocycles. The maximum absolute atomic E-state index is 12.7. The fraction of sp³-hybridized carbons (Fsp3) is 0.611. The van der Waals surface area contributed by atoms with Crippen molar-refractivity contribution in [2.75, 3.05) is 18.0 Å². The molecule has 3 N–H and O–H groups in total. The van der Waals surface area contributed by atoms with Gasteiger partial charge in [-0.3, -0.25) is 4.79 Å². The van der Waals surface area contributed by atoms with Gasteiger partial charge in [0.25, 0.3) is 0 Å². The molecule has 4 rings (SSSR count). The van der Waals surface area contributed by atoms with E-state index in [-0.39, 0.29) is 48.7 Å². The zero-order chi connectivity index (χ0) is 16.0. The third kappa shape index (κ3) is 4.02. The Morgan fingerprint density at radius 2 is 1.96 bits per heavy atom. The van der Waals surface area contributed by atoms with E-state index in [1.807, 2.05) is 18.2 Å². The highest BCUT2D eigenvalue weighted by atomic mass is 35.5. The minimum Gasteiger partial charge on any atom is -0.369 e. The molecule has 5 unspecified atom stereocenters. The first kappa shape index (κ1) is 20.6. The zero-order valence-corrected chi connectivity index (χ0v) is 16.5. The van der Waals surface area contributed by atoms with Crippen LogP contribution in [0.2, 0.25) is 5.02 Å². The molecule has 3 aliphatic rings. The number of hydrogen-bond acceptors (Lipinski definition) is 3. The highest BCUT2D eigenvalue weighted by Crippen LogP contribution is 2.47. The summed E-state index contributed by atoms with van der Waals surface area (Å²) in [5, 5.41) is 4.01. The van der Waals surface area contributed by atoms with Crippen LogP contribution in [0.3, 0.4) is 0 Å². The number of nitrogens with one attached hydrogen (secondary N) is 1. The maximum atomic E-state index is 12.7. The van der Waals surface area contributed by atoms with Crippen LogP contribution in [0.25, 0.3) is 0 Å². The van der Waals surface area contributed by atoms with Gasteiger partial charge in [0.2, 0.25) is 5.91 Å². The van der Waals surface area contributed by atoms with Crippen molar-refractivity contribution in [1.82, 2.24) is 5.32 Å². The fourth-order valence-electron chi connectivity index (χ4n) is 4.81. The van der Waals surface area contributed by atoms with E-state index in [4.69, 9.17) is 17.3 Å². The summed E-state index contributed by atoms with van der Waals surface area (Å²) in [4.78, 5) is 15.0. The van der Waals surface area contributed by atoms with Crippen LogP contribution in [-0.4, -0.2) is 31.1 Å². The van der Waals surface area contributed by atoms with E-state index in [2.05, 4.69) is 16.3 Å². The average Bonchev–Trinajstić information content (AvgIpc) is 3.22. The lowest BCUT2D eigenvalue weighted by molar-refractivity contribution is -0.127. The van der Waals surface area contributed by atoms with E-state index in [1.165, 1.54) is 12.8 Å². The van der Waals surface area contributed by atoms with Crippen molar-refractivity contribution in [2.24, 2.45) is 23.5 Å². The van der Waals surface area contributed by atoms with Gasteiger partial charge >= 0.3 is 0 Å². The average molecular weight is 407 g/mol. The molecule has 1 aliphatic heterocycles. The first-order valence-electron chi connectivity index (χ1n) is 8.68. The maximum Gasteiger partial charge on any atom is 0.225 e. The van der Waals surface area contributed by atoms with Gasteiger partial charge in [-0.25, -0.2) is 0 Å². The molecule has 7 heteroatoms. The van der Waals surface area contributed by atoms with E-state index >= 15 is 0 Å². The molecule has 0 aromatic heterocycles. The minimum atomic E-state index is 0. The zero-order valence-electron chi connectivity index (χ0n) is 14.1. The molecule has 5 atom stereocenters. The predicted molar refractivity (Wildman–Crippen MR) is 107 cm³/mol. The topological polar surface area (TPSA) is 58.4 Å². The van der Waals surface area contributed by atoms with Gasteiger partial charge in [-0.15, -0.1) is 24.8 Å². The lowest BCUT2D eigenvalue weighted by atomic mass is 9.84. The number of fused-ring (bicyclic) bond motifs is 2. The normalized spacial score (nSPS) is 32.9. The number of carbonyl (C=O) groups excluding carboxylic acids is 1. The highest BCUT2D eigenvalue weighted by Gasteiger charge is 2.49. The van der Waals surface area contributed by atoms with Gasteiger partial charge < -0.3 is 16.0 Å². The number of rotatable bonds is 3. The third-order valence-corrected chi connectivity index (χ3v) is 6.23. The molecule has 2 aliphatic carbocycles. The van der Waals surface area contributed by atoms with Gasteiger partial charge in [0.05, 0.1) is 5.92 Å². The predicted octanol–water partition coefficient (Wildman–Crippen LogP) is 3.25. The molecule has 3 fully saturated rings. The van der Waals surface area contributed by atoms with Crippen molar-refractivity contribution in [1.29, 1.82) is 0 Å². The number of carbonyl (C=O) groups is 1. The molecular formula is C18H26Cl3N3O. The van der Waals surface area contributed by atoms with Crippen molar-refractivity contribution in [3.05, 3.63) is 29.3 Å². The SMILES string of the molecule is Cl.Cl.NC1C2CCC(C2)C1C(=O)NC1CCN(c2cccc(Cl)c2)C1. The van der Waals surface area contributed by atoms with Crippen LogP contribution in [0, 0.1) is 17.8 Å². The fourth-order valence-corrected chi connectivity index (χ4v) is 4.99. The standard InChI is InChI=1S/C18H24ClN3O.2ClH/c19-13-2-1-3-15(9-13)22-7-6-14(10-22)21-18(23)16-11-4-5-12(8-11)17(16)20;;/h1-3,9,11-12,14,16-17H,4-8,10,20H2,(H,21,23);2*1H. The molecule has 1 heterocycles. The largest absolute Gasteiger partial charge is 0.369 e. The Bertz CT molecular complexity index is 613. The first-order chi connectivity index (χ1) is 11.1. The van der Waals surface area contributed by atoms with Crippen LogP contribution in [0.5, 0.6) is 0 Å². The van der Waals surface area contributed by atoms with Crippen LogP contribution in [-0.2, 0) is 4.79 Å². The van der Waals surface area contributed by atoms with Gasteiger partial charge in [0.1, 0.15) is 0 Å². The number of hydrogen-bond donors (Lipinski definition) is 2. The van der Waals surface area contributed by atoms with E-state index < -0.39 is 0 Å². The number of amides is 1. The van der Waals surface area contributed by atoms with Crippen molar-refractivity contribution < 1.29 is 4.79 Å². The van der Waals surface area contributed by atoms with Gasteiger partial charge in [0.15, 0.2) is 0 Å². The van der Waals surface area contributed by atoms with Gasteiger partial charge in [-0.2, -0.15) is 0 Å². The Morgan fingerprint density at radius 1 is 1.20 bits per heavy atom. The number of halogens is 3. The molecule has 25 heavy (non-hydrogen) atoms. The van der Waals surface area contributed by atoms with Crippen LogP contribution in [0.4, 0.5) is 5.69 Å². The summed E-state index contributed by atoms with van der Waals surface area (Å²) in [5.41, 5.74) is 7.42. The molecule has 2 saturated carbocycles. The van der Waals surface area contributed by atoms with Crippen LogP contribution < -0.4 is 16.0 Å². The minimum absolute atomic E-state index is 0. The van der Waals surface area contributed by atoms with Crippen LogP contribution >= 0.6 is 36.4 Å². The number of nitrogens with two attached hydrogens (primary N) is 1. The van der Waals surface area contributed by atoms with Gasteiger partial charge in [-0.1, -0.05) is 17.7 Å². The molecule has 0 radical (unpaired) electrons. The lowest BCUT2D eigenvalue weighted by Crippen LogP contribution is -2.48. The van der Waals surface area contributed by atoms with E-state index in [0.29, 0.717) is 11.8 Å². The van der Waals surface area contributed by atoms with Crippen molar-refractivity contribution in [3.63, 3.8) is 0 Å². The van der Waals surface area contributed by atoms with Gasteiger partial charge in [-0.05, 0) is 55.7 Å². The second-order valence-corrected chi connectivity index (χ2v) is 7.79. The summed E-state index contributed by atoms with van der Waals surface area (Å²) in [7, 11) is 0. The van der Waals surface area contributed by atoms with Crippen molar-refractivity contribution in [3.8, 4) is 0 Å². The summed E-state index contributed by atoms with van der Waals surface area (Å²) >= 11 is 6.07. The summed E-state index contributed by atoms with van der Waals surface area (Å²) in [6, 6.07) is 8.20.